The maximum absolute atomic E-state index is 13.2. The first-order chi connectivity index (χ1) is 10.5. The molecule has 0 amide bonds. The van der Waals surface area contributed by atoms with Gasteiger partial charge in [-0.25, -0.2) is 22.5 Å². The molecule has 0 unspecified atom stereocenters. The minimum atomic E-state index is -4.97. The number of aryl methyl sites for hydroxylation is 2. The van der Waals surface area contributed by atoms with Crippen LogP contribution in [-0.4, -0.2) is 13.4 Å². The lowest BCUT2D eigenvalue weighted by Gasteiger charge is -2.11. The second kappa shape index (κ2) is 6.17. The van der Waals surface area contributed by atoms with E-state index in [9.17, 15) is 26.0 Å². The van der Waals surface area contributed by atoms with Gasteiger partial charge in [0.2, 0.25) is 10.0 Å². The third kappa shape index (κ3) is 4.06. The van der Waals surface area contributed by atoms with Crippen molar-refractivity contribution in [3.05, 3.63) is 45.2 Å². The van der Waals surface area contributed by atoms with Gasteiger partial charge in [0.1, 0.15) is 5.82 Å². The zero-order valence-corrected chi connectivity index (χ0v) is 13.7. The number of aromatic nitrogens is 1. The summed E-state index contributed by atoms with van der Waals surface area (Å²) < 4.78 is 77.6. The van der Waals surface area contributed by atoms with E-state index in [1.165, 1.54) is 11.3 Å². The molecule has 1 N–H and O–H groups in total. The molecule has 0 atom stereocenters. The molecule has 2 rings (SSSR count). The molecule has 0 aliphatic heterocycles. The zero-order valence-electron chi connectivity index (χ0n) is 12.0. The molecule has 2 aromatic rings. The summed E-state index contributed by atoms with van der Waals surface area (Å²) in [6.07, 6.45) is -4.97. The monoisotopic (exact) mass is 368 g/mol. The predicted octanol–water partition coefficient (Wildman–Crippen LogP) is 3.40. The smallest absolute Gasteiger partial charge is 0.247 e. The summed E-state index contributed by atoms with van der Waals surface area (Å²) in [7, 11) is -4.20. The summed E-state index contributed by atoms with van der Waals surface area (Å²) in [5, 5.41) is 0.748. The number of hydrogen-bond acceptors (Lipinski definition) is 4. The Bertz CT molecular complexity index is 829. The Morgan fingerprint density at radius 3 is 2.43 bits per heavy atom. The molecule has 10 heteroatoms. The lowest BCUT2D eigenvalue weighted by molar-refractivity contribution is -0.140. The van der Waals surface area contributed by atoms with Crippen LogP contribution in [0.3, 0.4) is 0 Å². The largest absolute Gasteiger partial charge is 0.419 e. The lowest BCUT2D eigenvalue weighted by Crippen LogP contribution is -2.24. The minimum absolute atomic E-state index is 0.0988. The van der Waals surface area contributed by atoms with Crippen molar-refractivity contribution in [3.63, 3.8) is 0 Å². The van der Waals surface area contributed by atoms with Gasteiger partial charge < -0.3 is 0 Å². The summed E-state index contributed by atoms with van der Waals surface area (Å²) in [6.45, 7) is 3.36. The molecule has 0 bridgehead atoms. The van der Waals surface area contributed by atoms with Crippen LogP contribution < -0.4 is 4.72 Å². The highest BCUT2D eigenvalue weighted by atomic mass is 32.2. The molecule has 23 heavy (non-hydrogen) atoms. The van der Waals surface area contributed by atoms with E-state index in [2.05, 4.69) is 9.71 Å². The van der Waals surface area contributed by atoms with Crippen LogP contribution in [0, 0.1) is 19.7 Å². The van der Waals surface area contributed by atoms with Crippen LogP contribution >= 0.6 is 11.3 Å². The van der Waals surface area contributed by atoms with E-state index < -0.39 is 32.5 Å². The van der Waals surface area contributed by atoms with E-state index in [-0.39, 0.29) is 12.6 Å². The van der Waals surface area contributed by atoms with Crippen molar-refractivity contribution in [1.82, 2.24) is 9.71 Å². The highest BCUT2D eigenvalue weighted by Gasteiger charge is 2.35. The SMILES string of the molecule is Cc1nc(C)c(CNS(=O)(=O)c2ccc(F)c(C(F)(F)F)c2)s1. The number of hydrogen-bond donors (Lipinski definition) is 1. The van der Waals surface area contributed by atoms with Crippen LogP contribution in [-0.2, 0) is 22.7 Å². The Labute approximate surface area is 134 Å². The molecule has 1 aromatic carbocycles. The molecule has 4 nitrogen and oxygen atoms in total. The first kappa shape index (κ1) is 17.8. The van der Waals surface area contributed by atoms with Crippen molar-refractivity contribution in [3.8, 4) is 0 Å². The summed E-state index contributed by atoms with van der Waals surface area (Å²) in [5.41, 5.74) is -0.976. The average Bonchev–Trinajstić information content (AvgIpc) is 2.74. The number of thiazole rings is 1. The molecule has 0 radical (unpaired) electrons. The number of nitrogens with zero attached hydrogens (tertiary/aromatic N) is 1. The summed E-state index contributed by atoms with van der Waals surface area (Å²) in [6, 6.07) is 1.56. The van der Waals surface area contributed by atoms with Crippen molar-refractivity contribution in [2.24, 2.45) is 0 Å². The number of nitrogens with one attached hydrogen (secondary N) is 1. The van der Waals surface area contributed by atoms with Gasteiger partial charge in [-0.05, 0) is 32.0 Å². The van der Waals surface area contributed by atoms with E-state index >= 15 is 0 Å². The third-order valence-electron chi connectivity index (χ3n) is 2.98. The minimum Gasteiger partial charge on any atom is -0.247 e. The molecular formula is C13H12F4N2O2S2. The molecule has 126 valence electrons. The van der Waals surface area contributed by atoms with Crippen LogP contribution in [0.5, 0.6) is 0 Å². The highest BCUT2D eigenvalue weighted by Crippen LogP contribution is 2.32. The van der Waals surface area contributed by atoms with Gasteiger partial charge in [-0.1, -0.05) is 0 Å². The Kier molecular flexibility index (Phi) is 4.79. The van der Waals surface area contributed by atoms with E-state index in [1.807, 2.05) is 0 Å². The molecule has 0 saturated carbocycles. The standard InChI is InChI=1S/C13H12F4N2O2S2/c1-7-12(22-8(2)19-7)6-18-23(20,21)9-3-4-11(14)10(5-9)13(15,16)17/h3-5,18H,6H2,1-2H3. The first-order valence-corrected chi connectivity index (χ1v) is 8.60. The Hall–Kier alpha value is -1.52. The Balaban J connectivity index is 2.28. The topological polar surface area (TPSA) is 59.1 Å². The summed E-state index contributed by atoms with van der Waals surface area (Å²) >= 11 is 1.28. The van der Waals surface area contributed by atoms with Crippen molar-refractivity contribution < 1.29 is 26.0 Å². The van der Waals surface area contributed by atoms with Crippen LogP contribution in [0.1, 0.15) is 21.1 Å². The van der Waals surface area contributed by atoms with E-state index in [4.69, 9.17) is 0 Å². The van der Waals surface area contributed by atoms with Crippen molar-refractivity contribution >= 4 is 21.4 Å². The number of alkyl halides is 3. The van der Waals surface area contributed by atoms with Gasteiger partial charge in [-0.3, -0.25) is 0 Å². The fourth-order valence-electron chi connectivity index (χ4n) is 1.87. The second-order valence-corrected chi connectivity index (χ2v) is 7.76. The first-order valence-electron chi connectivity index (χ1n) is 6.30. The quantitative estimate of drug-likeness (QED) is 0.842. The van der Waals surface area contributed by atoms with Gasteiger partial charge in [0.15, 0.2) is 0 Å². The fraction of sp³-hybridized carbons (Fsp3) is 0.308. The van der Waals surface area contributed by atoms with Gasteiger partial charge >= 0.3 is 6.18 Å². The number of sulfonamides is 1. The summed E-state index contributed by atoms with van der Waals surface area (Å²) in [4.78, 5) is 4.14. The molecule has 0 aliphatic rings. The maximum Gasteiger partial charge on any atom is 0.419 e. The van der Waals surface area contributed by atoms with E-state index in [0.29, 0.717) is 16.6 Å². The molecular weight excluding hydrogens is 356 g/mol. The van der Waals surface area contributed by atoms with E-state index in [0.717, 1.165) is 11.1 Å². The Morgan fingerprint density at radius 2 is 1.91 bits per heavy atom. The lowest BCUT2D eigenvalue weighted by atomic mass is 10.2. The Morgan fingerprint density at radius 1 is 1.26 bits per heavy atom. The van der Waals surface area contributed by atoms with Gasteiger partial charge in [0, 0.05) is 11.4 Å². The van der Waals surface area contributed by atoms with Gasteiger partial charge in [-0.15, -0.1) is 11.3 Å². The second-order valence-electron chi connectivity index (χ2n) is 4.71. The maximum atomic E-state index is 13.2. The van der Waals surface area contributed by atoms with Crippen LogP contribution in [0.2, 0.25) is 0 Å². The number of rotatable bonds is 4. The van der Waals surface area contributed by atoms with Crippen molar-refractivity contribution in [1.29, 1.82) is 0 Å². The van der Waals surface area contributed by atoms with Crippen molar-refractivity contribution in [2.75, 3.05) is 0 Å². The van der Waals surface area contributed by atoms with E-state index in [1.54, 1.807) is 13.8 Å². The van der Waals surface area contributed by atoms with Gasteiger partial charge in [0.05, 0.1) is 21.2 Å². The average molecular weight is 368 g/mol. The normalized spacial score (nSPS) is 12.6. The molecule has 1 aromatic heterocycles. The molecule has 1 heterocycles. The van der Waals surface area contributed by atoms with Gasteiger partial charge in [-0.2, -0.15) is 13.2 Å². The van der Waals surface area contributed by atoms with Crippen LogP contribution in [0.15, 0.2) is 23.1 Å². The number of halogens is 4. The summed E-state index contributed by atoms with van der Waals surface area (Å²) in [5.74, 6) is -1.52. The fourth-order valence-corrected chi connectivity index (χ4v) is 3.86. The number of benzene rings is 1. The molecule has 0 spiro atoms. The third-order valence-corrected chi connectivity index (χ3v) is 5.45. The zero-order chi connectivity index (χ0) is 17.4. The van der Waals surface area contributed by atoms with Crippen molar-refractivity contribution in [2.45, 2.75) is 31.5 Å². The van der Waals surface area contributed by atoms with Crippen LogP contribution in [0.4, 0.5) is 17.6 Å². The predicted molar refractivity (Wildman–Crippen MR) is 77.0 cm³/mol. The van der Waals surface area contributed by atoms with Gasteiger partial charge in [0.25, 0.3) is 0 Å². The molecule has 0 saturated heterocycles. The van der Waals surface area contributed by atoms with Crippen LogP contribution in [0.25, 0.3) is 0 Å². The molecule has 0 aliphatic carbocycles. The molecule has 0 fully saturated rings. The highest BCUT2D eigenvalue weighted by molar-refractivity contribution is 7.89.